The van der Waals surface area contributed by atoms with Gasteiger partial charge in [-0.3, -0.25) is 9.69 Å². The van der Waals surface area contributed by atoms with Gasteiger partial charge < -0.3 is 15.6 Å². The molecule has 0 bridgehead atoms. The van der Waals surface area contributed by atoms with Crippen LogP contribution in [-0.4, -0.2) is 55.0 Å². The number of fused-ring (bicyclic) bond motifs is 2. The Kier molecular flexibility index (Phi) is 3.72. The summed E-state index contributed by atoms with van der Waals surface area (Å²) in [7, 11) is 0. The van der Waals surface area contributed by atoms with E-state index in [0.717, 1.165) is 34.6 Å². The number of piperazine rings is 1. The Labute approximate surface area is 154 Å². The lowest BCUT2D eigenvalue weighted by molar-refractivity contribution is -0.124. The molecule has 1 saturated heterocycles. The zero-order chi connectivity index (χ0) is 18.2. The third kappa shape index (κ3) is 3.08. The number of aromatic nitrogens is 5. The summed E-state index contributed by atoms with van der Waals surface area (Å²) in [4.78, 5) is 25.7. The van der Waals surface area contributed by atoms with Gasteiger partial charge in [0.05, 0.1) is 24.1 Å². The van der Waals surface area contributed by atoms with Crippen LogP contribution in [0.4, 0.5) is 11.6 Å². The highest BCUT2D eigenvalue weighted by atomic mass is 16.2. The predicted octanol–water partition coefficient (Wildman–Crippen LogP) is 1.28. The van der Waals surface area contributed by atoms with Crippen molar-refractivity contribution in [1.29, 1.82) is 0 Å². The van der Waals surface area contributed by atoms with E-state index in [4.69, 9.17) is 0 Å². The van der Waals surface area contributed by atoms with Crippen molar-refractivity contribution in [2.24, 2.45) is 0 Å². The molecule has 5 heterocycles. The number of hydrogen-bond donors (Lipinski definition) is 3. The van der Waals surface area contributed by atoms with Gasteiger partial charge in [-0.05, 0) is 24.3 Å². The number of carbonyl (C=O) groups is 1. The van der Waals surface area contributed by atoms with Crippen molar-refractivity contribution >= 4 is 34.2 Å². The monoisotopic (exact) mass is 362 g/mol. The first-order valence-corrected chi connectivity index (χ1v) is 8.78. The minimum absolute atomic E-state index is 0.0574. The van der Waals surface area contributed by atoms with Crippen LogP contribution in [0.5, 0.6) is 0 Å². The van der Waals surface area contributed by atoms with Gasteiger partial charge in [0.2, 0.25) is 11.9 Å². The van der Waals surface area contributed by atoms with Gasteiger partial charge in [0, 0.05) is 31.2 Å². The molecular weight excluding hydrogens is 344 g/mol. The molecule has 0 unspecified atom stereocenters. The molecule has 136 valence electrons. The van der Waals surface area contributed by atoms with Gasteiger partial charge in [-0.1, -0.05) is 6.07 Å². The highest BCUT2D eigenvalue weighted by Crippen LogP contribution is 2.19. The number of nitrogens with one attached hydrogen (secondary N) is 3. The lowest BCUT2D eigenvalue weighted by Crippen LogP contribution is -2.47. The molecule has 4 aromatic rings. The second-order valence-corrected chi connectivity index (χ2v) is 6.55. The first kappa shape index (κ1) is 15.8. The zero-order valence-electron chi connectivity index (χ0n) is 14.5. The highest BCUT2D eigenvalue weighted by Gasteiger charge is 2.18. The van der Waals surface area contributed by atoms with Gasteiger partial charge >= 0.3 is 0 Å². The third-order valence-electron chi connectivity index (χ3n) is 4.60. The predicted molar refractivity (Wildman–Crippen MR) is 101 cm³/mol. The maximum absolute atomic E-state index is 11.6. The summed E-state index contributed by atoms with van der Waals surface area (Å²) in [6.07, 6.45) is 3.61. The van der Waals surface area contributed by atoms with Crippen molar-refractivity contribution in [2.75, 3.05) is 25.0 Å². The Hall–Kier alpha value is -3.46. The summed E-state index contributed by atoms with van der Waals surface area (Å²) in [6, 6.07) is 9.85. The second kappa shape index (κ2) is 6.36. The van der Waals surface area contributed by atoms with E-state index in [9.17, 15) is 4.79 Å². The Balaban J connectivity index is 1.41. The molecule has 1 fully saturated rings. The average molecular weight is 362 g/mol. The topological polar surface area (TPSA) is 103 Å². The molecule has 1 aliphatic heterocycles. The van der Waals surface area contributed by atoms with Crippen molar-refractivity contribution in [2.45, 2.75) is 6.54 Å². The number of amides is 1. The molecule has 0 radical (unpaired) electrons. The highest BCUT2D eigenvalue weighted by molar-refractivity contribution is 5.79. The van der Waals surface area contributed by atoms with E-state index in [-0.39, 0.29) is 5.91 Å². The Morgan fingerprint density at radius 2 is 2.22 bits per heavy atom. The van der Waals surface area contributed by atoms with E-state index in [1.807, 2.05) is 41.0 Å². The van der Waals surface area contributed by atoms with Crippen LogP contribution in [0.2, 0.25) is 0 Å². The number of nitrogens with zero attached hydrogens (tertiary/aromatic N) is 5. The van der Waals surface area contributed by atoms with Crippen molar-refractivity contribution in [3.63, 3.8) is 0 Å². The molecule has 5 rings (SSSR count). The maximum Gasteiger partial charge on any atom is 0.247 e. The standard InChI is InChI=1S/C18H18N8O/c27-16-11-25(7-6-19-16)10-14-2-1-3-15-23-18(24-26(14)15)22-13-8-12-4-5-20-17(12)21-9-13/h1-5,8-9H,6-7,10-11H2,(H,19,27)(H,20,21)(H,22,24). The van der Waals surface area contributed by atoms with Crippen LogP contribution in [0.1, 0.15) is 5.69 Å². The van der Waals surface area contributed by atoms with E-state index in [2.05, 4.69) is 35.6 Å². The first-order valence-electron chi connectivity index (χ1n) is 8.78. The minimum atomic E-state index is 0.0574. The molecule has 0 atom stereocenters. The second-order valence-electron chi connectivity index (χ2n) is 6.55. The van der Waals surface area contributed by atoms with Gasteiger partial charge in [-0.15, -0.1) is 5.10 Å². The molecule has 4 aromatic heterocycles. The quantitative estimate of drug-likeness (QED) is 0.505. The summed E-state index contributed by atoms with van der Waals surface area (Å²) in [5.41, 5.74) is 3.41. The van der Waals surface area contributed by atoms with Crippen LogP contribution in [0, 0.1) is 0 Å². The van der Waals surface area contributed by atoms with Gasteiger partial charge in [0.1, 0.15) is 5.65 Å². The van der Waals surface area contributed by atoms with Crippen LogP contribution in [0.25, 0.3) is 16.7 Å². The third-order valence-corrected chi connectivity index (χ3v) is 4.60. The van der Waals surface area contributed by atoms with Crippen molar-refractivity contribution < 1.29 is 4.79 Å². The summed E-state index contributed by atoms with van der Waals surface area (Å²) >= 11 is 0. The number of H-pyrrole nitrogens is 1. The Morgan fingerprint density at radius 1 is 1.26 bits per heavy atom. The van der Waals surface area contributed by atoms with Crippen LogP contribution in [0.3, 0.4) is 0 Å². The molecule has 0 spiro atoms. The van der Waals surface area contributed by atoms with Gasteiger partial charge in [0.15, 0.2) is 5.65 Å². The number of rotatable bonds is 4. The fraction of sp³-hybridized carbons (Fsp3) is 0.222. The number of carbonyl (C=O) groups excluding carboxylic acids is 1. The average Bonchev–Trinajstić information content (AvgIpc) is 3.28. The summed E-state index contributed by atoms with van der Waals surface area (Å²) in [5, 5.41) is 11.7. The summed E-state index contributed by atoms with van der Waals surface area (Å²) in [6.45, 7) is 2.54. The fourth-order valence-electron chi connectivity index (χ4n) is 3.32. The van der Waals surface area contributed by atoms with Crippen LogP contribution >= 0.6 is 0 Å². The molecular formula is C18H18N8O. The van der Waals surface area contributed by atoms with E-state index in [1.165, 1.54) is 0 Å². The largest absolute Gasteiger partial charge is 0.354 e. The molecule has 1 amide bonds. The SMILES string of the molecule is O=C1CN(Cc2cccc3nc(Nc4cnc5[nH]ccc5c4)nn23)CCN1. The number of hydrogen-bond acceptors (Lipinski definition) is 6. The first-order chi connectivity index (χ1) is 13.2. The Bertz CT molecular complexity index is 1130. The smallest absolute Gasteiger partial charge is 0.247 e. The van der Waals surface area contributed by atoms with Crippen molar-refractivity contribution in [3.8, 4) is 0 Å². The van der Waals surface area contributed by atoms with Crippen molar-refractivity contribution in [1.82, 2.24) is 34.8 Å². The normalized spacial score (nSPS) is 15.3. The molecule has 0 saturated carbocycles. The van der Waals surface area contributed by atoms with Gasteiger partial charge in [-0.2, -0.15) is 4.98 Å². The fourth-order valence-corrected chi connectivity index (χ4v) is 3.32. The lowest BCUT2D eigenvalue weighted by Gasteiger charge is -2.26. The number of pyridine rings is 2. The van der Waals surface area contributed by atoms with Gasteiger partial charge in [-0.25, -0.2) is 9.50 Å². The van der Waals surface area contributed by atoms with E-state index in [1.54, 1.807) is 6.20 Å². The van der Waals surface area contributed by atoms with Crippen LogP contribution < -0.4 is 10.6 Å². The summed E-state index contributed by atoms with van der Waals surface area (Å²) < 4.78 is 1.82. The minimum Gasteiger partial charge on any atom is -0.354 e. The lowest BCUT2D eigenvalue weighted by atomic mass is 10.3. The zero-order valence-corrected chi connectivity index (χ0v) is 14.5. The molecule has 1 aliphatic rings. The maximum atomic E-state index is 11.6. The van der Waals surface area contributed by atoms with Gasteiger partial charge in [0.25, 0.3) is 0 Å². The van der Waals surface area contributed by atoms with Crippen LogP contribution in [0.15, 0.2) is 42.7 Å². The molecule has 9 heteroatoms. The van der Waals surface area contributed by atoms with Crippen LogP contribution in [-0.2, 0) is 11.3 Å². The molecule has 0 aliphatic carbocycles. The number of aromatic amines is 1. The van der Waals surface area contributed by atoms with Crippen molar-refractivity contribution in [3.05, 3.63) is 48.4 Å². The molecule has 9 nitrogen and oxygen atoms in total. The summed E-state index contributed by atoms with van der Waals surface area (Å²) in [5.74, 6) is 0.567. The van der Waals surface area contributed by atoms with E-state index < -0.39 is 0 Å². The van der Waals surface area contributed by atoms with E-state index in [0.29, 0.717) is 25.6 Å². The molecule has 0 aromatic carbocycles. The molecule has 27 heavy (non-hydrogen) atoms. The Morgan fingerprint density at radius 3 is 3.15 bits per heavy atom. The molecule has 3 N–H and O–H groups in total. The van der Waals surface area contributed by atoms with E-state index >= 15 is 0 Å². The number of anilines is 2.